The van der Waals surface area contributed by atoms with Crippen molar-refractivity contribution in [3.8, 4) is 5.75 Å². The molecule has 0 bridgehead atoms. The van der Waals surface area contributed by atoms with Crippen molar-refractivity contribution in [2.45, 2.75) is 51.3 Å². The molecule has 0 saturated heterocycles. The number of unbranched alkanes of at least 4 members (excludes halogenated alkanes) is 1. The molecule has 1 aliphatic rings. The standard InChI is InChI=1S/C17H18F4O3/c1-2-3-4-14(17(19,20)21)24-16(23)13-7-5-10-9-11(22)6-8-12(10)15(13)18/h6,8-9,14,22H,2-5,7H2,1H3/t14-/m1/s1. The summed E-state index contributed by atoms with van der Waals surface area (Å²) in [4.78, 5) is 12.0. The second-order valence-corrected chi connectivity index (χ2v) is 5.71. The van der Waals surface area contributed by atoms with E-state index in [0.29, 0.717) is 12.0 Å². The molecular formula is C17H18F4O3. The zero-order valence-corrected chi connectivity index (χ0v) is 13.1. The molecule has 3 nitrogen and oxygen atoms in total. The highest BCUT2D eigenvalue weighted by atomic mass is 19.4. The average Bonchev–Trinajstić information content (AvgIpc) is 2.50. The van der Waals surface area contributed by atoms with Gasteiger partial charge < -0.3 is 9.84 Å². The SMILES string of the molecule is CCCC[C@@H](OC(=O)C1=C(F)c2ccc(O)cc2CC1)C(F)(F)F. The van der Waals surface area contributed by atoms with Gasteiger partial charge in [0.05, 0.1) is 5.57 Å². The molecule has 0 saturated carbocycles. The van der Waals surface area contributed by atoms with Gasteiger partial charge in [-0.3, -0.25) is 0 Å². The highest BCUT2D eigenvalue weighted by Gasteiger charge is 2.43. The number of rotatable bonds is 5. The number of hydrogen-bond donors (Lipinski definition) is 1. The molecule has 1 aromatic carbocycles. The molecule has 1 aliphatic carbocycles. The van der Waals surface area contributed by atoms with Crippen LogP contribution in [0.1, 0.15) is 43.7 Å². The summed E-state index contributed by atoms with van der Waals surface area (Å²) in [6.45, 7) is 1.73. The third kappa shape index (κ3) is 4.07. The molecule has 0 aliphatic heterocycles. The van der Waals surface area contributed by atoms with E-state index in [9.17, 15) is 27.5 Å². The molecule has 1 atom stereocenters. The van der Waals surface area contributed by atoms with Gasteiger partial charge >= 0.3 is 12.1 Å². The van der Waals surface area contributed by atoms with Crippen LogP contribution in [-0.2, 0) is 16.0 Å². The first kappa shape index (κ1) is 18.3. The van der Waals surface area contributed by atoms with Crippen molar-refractivity contribution in [3.63, 3.8) is 0 Å². The summed E-state index contributed by atoms with van der Waals surface area (Å²) < 4.78 is 57.8. The van der Waals surface area contributed by atoms with E-state index in [2.05, 4.69) is 4.74 Å². The normalized spacial score (nSPS) is 15.9. The summed E-state index contributed by atoms with van der Waals surface area (Å²) in [5.41, 5.74) is 0.212. The van der Waals surface area contributed by atoms with Crippen LogP contribution in [0.3, 0.4) is 0 Å². The smallest absolute Gasteiger partial charge is 0.425 e. The topological polar surface area (TPSA) is 46.5 Å². The van der Waals surface area contributed by atoms with Crippen molar-refractivity contribution in [3.05, 3.63) is 34.9 Å². The third-order valence-corrected chi connectivity index (χ3v) is 3.92. The van der Waals surface area contributed by atoms with Crippen molar-refractivity contribution in [2.75, 3.05) is 0 Å². The van der Waals surface area contributed by atoms with Crippen molar-refractivity contribution < 1.29 is 32.2 Å². The minimum atomic E-state index is -4.68. The number of fused-ring (bicyclic) bond motifs is 1. The summed E-state index contributed by atoms with van der Waals surface area (Å²) in [5, 5.41) is 9.39. The van der Waals surface area contributed by atoms with E-state index in [-0.39, 0.29) is 42.6 Å². The highest BCUT2D eigenvalue weighted by Crippen LogP contribution is 2.36. The molecule has 132 valence electrons. The van der Waals surface area contributed by atoms with Crippen molar-refractivity contribution in [1.29, 1.82) is 0 Å². The number of phenols is 1. The molecule has 0 spiro atoms. The van der Waals surface area contributed by atoms with Crippen LogP contribution in [0.2, 0.25) is 0 Å². The Balaban J connectivity index is 2.22. The number of alkyl halides is 3. The fourth-order valence-electron chi connectivity index (χ4n) is 2.60. The van der Waals surface area contributed by atoms with E-state index in [0.717, 1.165) is 0 Å². The number of phenolic OH excluding ortho intramolecular Hbond substituents is 1. The van der Waals surface area contributed by atoms with Gasteiger partial charge in [0, 0.05) is 5.56 Å². The Morgan fingerprint density at radius 1 is 1.33 bits per heavy atom. The molecule has 1 N–H and O–H groups in total. The van der Waals surface area contributed by atoms with Gasteiger partial charge in [-0.05, 0) is 49.4 Å². The average molecular weight is 346 g/mol. The van der Waals surface area contributed by atoms with Crippen LogP contribution in [-0.4, -0.2) is 23.4 Å². The zero-order chi connectivity index (χ0) is 17.9. The molecular weight excluding hydrogens is 328 g/mol. The van der Waals surface area contributed by atoms with Gasteiger partial charge in [0.2, 0.25) is 0 Å². The number of hydrogen-bond acceptors (Lipinski definition) is 3. The van der Waals surface area contributed by atoms with Crippen molar-refractivity contribution in [2.24, 2.45) is 0 Å². The second-order valence-electron chi connectivity index (χ2n) is 5.71. The summed E-state index contributed by atoms with van der Waals surface area (Å²) >= 11 is 0. The Labute approximate surface area is 136 Å². The molecule has 0 unspecified atom stereocenters. The van der Waals surface area contributed by atoms with E-state index in [1.165, 1.54) is 18.2 Å². The van der Waals surface area contributed by atoms with Gasteiger partial charge in [-0.25, -0.2) is 9.18 Å². The number of aryl methyl sites for hydroxylation is 1. The van der Waals surface area contributed by atoms with Crippen LogP contribution in [0, 0.1) is 0 Å². The van der Waals surface area contributed by atoms with Crippen LogP contribution in [0.5, 0.6) is 5.75 Å². The predicted octanol–water partition coefficient (Wildman–Crippen LogP) is 4.68. The van der Waals surface area contributed by atoms with E-state index >= 15 is 0 Å². The van der Waals surface area contributed by atoms with Gasteiger partial charge in [-0.2, -0.15) is 13.2 Å². The molecule has 0 amide bonds. The number of aromatic hydroxyl groups is 1. The molecule has 2 rings (SSSR count). The summed E-state index contributed by atoms with van der Waals surface area (Å²) in [5.74, 6) is -2.20. The minimum Gasteiger partial charge on any atom is -0.508 e. The lowest BCUT2D eigenvalue weighted by atomic mass is 9.91. The van der Waals surface area contributed by atoms with Crippen LogP contribution in [0.15, 0.2) is 23.8 Å². The number of ether oxygens (including phenoxy) is 1. The van der Waals surface area contributed by atoms with Crippen LogP contribution >= 0.6 is 0 Å². The van der Waals surface area contributed by atoms with E-state index in [4.69, 9.17) is 0 Å². The van der Waals surface area contributed by atoms with E-state index in [1.54, 1.807) is 6.92 Å². The van der Waals surface area contributed by atoms with Gasteiger partial charge in [-0.15, -0.1) is 0 Å². The molecule has 0 radical (unpaired) electrons. The lowest BCUT2D eigenvalue weighted by Crippen LogP contribution is -2.34. The number of carbonyl (C=O) groups excluding carboxylic acids is 1. The number of esters is 1. The Morgan fingerprint density at radius 3 is 2.67 bits per heavy atom. The summed E-state index contributed by atoms with van der Waals surface area (Å²) in [6, 6.07) is 3.92. The van der Waals surface area contributed by atoms with Crippen molar-refractivity contribution >= 4 is 11.8 Å². The van der Waals surface area contributed by atoms with E-state index in [1.807, 2.05) is 0 Å². The first-order valence-electron chi connectivity index (χ1n) is 7.72. The van der Waals surface area contributed by atoms with Gasteiger partial charge in [0.1, 0.15) is 11.6 Å². The fourth-order valence-corrected chi connectivity index (χ4v) is 2.60. The van der Waals surface area contributed by atoms with E-state index < -0.39 is 24.1 Å². The Bertz CT molecular complexity index is 650. The Hall–Kier alpha value is -2.05. The third-order valence-electron chi connectivity index (χ3n) is 3.92. The molecule has 0 heterocycles. The number of benzene rings is 1. The lowest BCUT2D eigenvalue weighted by Gasteiger charge is -2.23. The monoisotopic (exact) mass is 346 g/mol. The molecule has 24 heavy (non-hydrogen) atoms. The zero-order valence-electron chi connectivity index (χ0n) is 13.1. The number of carbonyl (C=O) groups is 1. The van der Waals surface area contributed by atoms with Gasteiger partial charge in [0.25, 0.3) is 0 Å². The summed E-state index contributed by atoms with van der Waals surface area (Å²) in [7, 11) is 0. The lowest BCUT2D eigenvalue weighted by molar-refractivity contribution is -0.220. The number of halogens is 4. The maximum absolute atomic E-state index is 14.4. The molecule has 7 heteroatoms. The van der Waals surface area contributed by atoms with Crippen LogP contribution < -0.4 is 0 Å². The molecule has 0 fully saturated rings. The van der Waals surface area contributed by atoms with Gasteiger partial charge in [-0.1, -0.05) is 13.3 Å². The largest absolute Gasteiger partial charge is 0.508 e. The highest BCUT2D eigenvalue weighted by molar-refractivity contribution is 5.97. The maximum Gasteiger partial charge on any atom is 0.425 e. The minimum absolute atomic E-state index is 0.0377. The molecule has 1 aromatic rings. The van der Waals surface area contributed by atoms with Crippen LogP contribution in [0.25, 0.3) is 5.83 Å². The van der Waals surface area contributed by atoms with Crippen molar-refractivity contribution in [1.82, 2.24) is 0 Å². The summed E-state index contributed by atoms with van der Waals surface area (Å²) in [6.07, 6.45) is -6.30. The quantitative estimate of drug-likeness (QED) is 0.622. The first-order valence-corrected chi connectivity index (χ1v) is 7.72. The maximum atomic E-state index is 14.4. The first-order chi connectivity index (χ1) is 11.2. The fraction of sp³-hybridized carbons (Fsp3) is 0.471. The Morgan fingerprint density at radius 2 is 2.04 bits per heavy atom. The predicted molar refractivity (Wildman–Crippen MR) is 79.9 cm³/mol. The molecule has 0 aromatic heterocycles. The Kier molecular flexibility index (Phi) is 5.51. The second kappa shape index (κ2) is 7.23. The van der Waals surface area contributed by atoms with Crippen LogP contribution in [0.4, 0.5) is 17.6 Å². The van der Waals surface area contributed by atoms with Gasteiger partial charge in [0.15, 0.2) is 6.10 Å².